The predicted octanol–water partition coefficient (Wildman–Crippen LogP) is 5.15. The topological polar surface area (TPSA) is 64.0 Å². The first-order valence-corrected chi connectivity index (χ1v) is 10.9. The van der Waals surface area contributed by atoms with Crippen molar-refractivity contribution in [2.45, 2.75) is 19.0 Å². The van der Waals surface area contributed by atoms with Crippen LogP contribution in [0.25, 0.3) is 16.6 Å². The van der Waals surface area contributed by atoms with Crippen molar-refractivity contribution < 1.29 is 18.0 Å². The zero-order valence-corrected chi connectivity index (χ0v) is 18.5. The first-order valence-electron chi connectivity index (χ1n) is 9.91. The fourth-order valence-electron chi connectivity index (χ4n) is 3.46. The van der Waals surface area contributed by atoms with Gasteiger partial charge in [-0.15, -0.1) is 0 Å². The molecule has 0 saturated carbocycles. The lowest BCUT2D eigenvalue weighted by atomic mass is 10.1. The van der Waals surface area contributed by atoms with Gasteiger partial charge >= 0.3 is 0 Å². The van der Waals surface area contributed by atoms with E-state index >= 15 is 0 Å². The molecule has 0 aliphatic rings. The van der Waals surface area contributed by atoms with E-state index in [4.69, 9.17) is 0 Å². The van der Waals surface area contributed by atoms with Gasteiger partial charge in [-0.1, -0.05) is 30.0 Å². The van der Waals surface area contributed by atoms with Crippen LogP contribution in [0.5, 0.6) is 0 Å². The minimum Gasteiger partial charge on any atom is -0.323 e. The van der Waals surface area contributed by atoms with Crippen LogP contribution in [0.1, 0.15) is 11.1 Å². The average molecular weight is 469 g/mol. The number of halogens is 3. The highest BCUT2D eigenvalue weighted by atomic mass is 32.2. The zero-order chi connectivity index (χ0) is 23.7. The molecular weight excluding hydrogens is 451 g/mol. The highest BCUT2D eigenvalue weighted by Crippen LogP contribution is 2.24. The highest BCUT2D eigenvalue weighted by molar-refractivity contribution is 7.99. The minimum absolute atomic E-state index is 0.242. The van der Waals surface area contributed by atoms with Gasteiger partial charge in [-0.05, 0) is 61.4 Å². The van der Waals surface area contributed by atoms with Gasteiger partial charge in [-0.25, -0.2) is 18.2 Å². The van der Waals surface area contributed by atoms with Gasteiger partial charge in [0, 0.05) is 0 Å². The van der Waals surface area contributed by atoms with Gasteiger partial charge in [-0.3, -0.25) is 14.2 Å². The van der Waals surface area contributed by atoms with Gasteiger partial charge < -0.3 is 5.32 Å². The van der Waals surface area contributed by atoms with Gasteiger partial charge in [-0.2, -0.15) is 0 Å². The Balaban J connectivity index is 1.69. The van der Waals surface area contributed by atoms with Crippen LogP contribution >= 0.6 is 11.8 Å². The van der Waals surface area contributed by atoms with Gasteiger partial charge in [0.15, 0.2) is 22.6 Å². The second kappa shape index (κ2) is 9.11. The fraction of sp³-hybridized carbons (Fsp3) is 0.125. The molecule has 4 rings (SSSR count). The van der Waals surface area contributed by atoms with E-state index < -0.39 is 29.0 Å². The molecule has 1 N–H and O–H groups in total. The number of nitrogens with zero attached hydrogens (tertiary/aromatic N) is 2. The molecule has 3 aromatic carbocycles. The van der Waals surface area contributed by atoms with Crippen molar-refractivity contribution in [3.8, 4) is 5.69 Å². The lowest BCUT2D eigenvalue weighted by Gasteiger charge is -2.14. The largest absolute Gasteiger partial charge is 0.323 e. The number of nitrogens with one attached hydrogen (secondary N) is 1. The first kappa shape index (κ1) is 22.6. The monoisotopic (exact) mass is 469 g/mol. The molecule has 0 spiro atoms. The molecule has 0 atom stereocenters. The molecule has 0 fully saturated rings. The van der Waals surface area contributed by atoms with Crippen LogP contribution in [0.2, 0.25) is 0 Å². The molecule has 0 aliphatic carbocycles. The van der Waals surface area contributed by atoms with Gasteiger partial charge in [0.2, 0.25) is 5.91 Å². The Labute approximate surface area is 191 Å². The SMILES string of the molecule is Cc1cc(C)cc(-n2c(SCC(=O)Nc3ccc(F)c(F)c3F)nc3ccccc3c2=O)c1. The summed E-state index contributed by atoms with van der Waals surface area (Å²) in [7, 11) is 0. The normalized spacial score (nSPS) is 11.1. The Morgan fingerprint density at radius 1 is 1.00 bits per heavy atom. The van der Waals surface area contributed by atoms with Crippen LogP contribution in [-0.2, 0) is 4.79 Å². The molecular formula is C24H18F3N3O2S. The van der Waals surface area contributed by atoms with Crippen molar-refractivity contribution in [1.82, 2.24) is 9.55 Å². The Morgan fingerprint density at radius 3 is 2.42 bits per heavy atom. The van der Waals surface area contributed by atoms with Crippen molar-refractivity contribution in [2.24, 2.45) is 0 Å². The van der Waals surface area contributed by atoms with Crippen molar-refractivity contribution in [2.75, 3.05) is 11.1 Å². The summed E-state index contributed by atoms with van der Waals surface area (Å²) >= 11 is 0.973. The van der Waals surface area contributed by atoms with E-state index in [1.54, 1.807) is 24.3 Å². The van der Waals surface area contributed by atoms with Crippen LogP contribution in [0.3, 0.4) is 0 Å². The van der Waals surface area contributed by atoms with E-state index in [1.165, 1.54) is 4.57 Å². The number of aryl methyl sites for hydroxylation is 2. The van der Waals surface area contributed by atoms with Crippen LogP contribution in [0, 0.1) is 31.3 Å². The number of aromatic nitrogens is 2. The van der Waals surface area contributed by atoms with Crippen molar-refractivity contribution in [1.29, 1.82) is 0 Å². The minimum atomic E-state index is -1.67. The Hall–Kier alpha value is -3.59. The predicted molar refractivity (Wildman–Crippen MR) is 122 cm³/mol. The second-order valence-electron chi connectivity index (χ2n) is 7.46. The summed E-state index contributed by atoms with van der Waals surface area (Å²) in [6.45, 7) is 3.82. The lowest BCUT2D eigenvalue weighted by molar-refractivity contribution is -0.113. The summed E-state index contributed by atoms with van der Waals surface area (Å²) in [5.41, 5.74) is 2.21. The lowest BCUT2D eigenvalue weighted by Crippen LogP contribution is -2.23. The average Bonchev–Trinajstić information content (AvgIpc) is 2.77. The van der Waals surface area contributed by atoms with Crippen LogP contribution in [-0.4, -0.2) is 21.2 Å². The summed E-state index contributed by atoms with van der Waals surface area (Å²) in [5.74, 6) is -5.41. The number of carbonyl (C=O) groups is 1. The molecule has 9 heteroatoms. The molecule has 0 bridgehead atoms. The van der Waals surface area contributed by atoms with Crippen LogP contribution in [0.15, 0.2) is 64.5 Å². The fourth-order valence-corrected chi connectivity index (χ4v) is 4.27. The smallest absolute Gasteiger partial charge is 0.266 e. The van der Waals surface area contributed by atoms with Crippen LogP contribution in [0.4, 0.5) is 18.9 Å². The zero-order valence-electron chi connectivity index (χ0n) is 17.7. The number of thioether (sulfide) groups is 1. The van der Waals surface area contributed by atoms with Gasteiger partial charge in [0.25, 0.3) is 5.56 Å². The van der Waals surface area contributed by atoms with Crippen molar-refractivity contribution in [3.63, 3.8) is 0 Å². The maximum atomic E-state index is 13.9. The van der Waals surface area contributed by atoms with E-state index in [-0.39, 0.29) is 16.5 Å². The number of hydrogen-bond acceptors (Lipinski definition) is 4. The molecule has 33 heavy (non-hydrogen) atoms. The maximum Gasteiger partial charge on any atom is 0.266 e. The molecule has 1 heterocycles. The van der Waals surface area contributed by atoms with Crippen molar-refractivity contribution in [3.05, 3.63) is 93.5 Å². The van der Waals surface area contributed by atoms with E-state index in [9.17, 15) is 22.8 Å². The third-order valence-corrected chi connectivity index (χ3v) is 5.79. The number of fused-ring (bicyclic) bond motifs is 1. The number of amides is 1. The highest BCUT2D eigenvalue weighted by Gasteiger charge is 2.18. The summed E-state index contributed by atoms with van der Waals surface area (Å²) in [4.78, 5) is 30.3. The molecule has 0 unspecified atom stereocenters. The Kier molecular flexibility index (Phi) is 6.24. The number of rotatable bonds is 5. The number of para-hydroxylation sites is 1. The molecule has 1 amide bonds. The summed E-state index contributed by atoms with van der Waals surface area (Å²) in [5, 5.41) is 2.91. The first-order chi connectivity index (χ1) is 15.7. The summed E-state index contributed by atoms with van der Waals surface area (Å²) in [6, 6.07) is 14.2. The Bertz CT molecular complexity index is 1430. The van der Waals surface area contributed by atoms with Gasteiger partial charge in [0.05, 0.1) is 28.0 Å². The van der Waals surface area contributed by atoms with E-state index in [0.29, 0.717) is 16.6 Å². The Morgan fingerprint density at radius 2 is 1.70 bits per heavy atom. The molecule has 168 valence electrons. The molecule has 0 radical (unpaired) electrons. The number of benzene rings is 3. The number of hydrogen-bond donors (Lipinski definition) is 1. The van der Waals surface area contributed by atoms with E-state index in [1.807, 2.05) is 32.0 Å². The summed E-state index contributed by atoms with van der Waals surface area (Å²) in [6.07, 6.45) is 0. The van der Waals surface area contributed by atoms with Gasteiger partial charge in [0.1, 0.15) is 0 Å². The van der Waals surface area contributed by atoms with E-state index in [0.717, 1.165) is 35.0 Å². The maximum absolute atomic E-state index is 13.9. The standard InChI is InChI=1S/C24H18F3N3O2S/c1-13-9-14(2)11-15(10-13)30-23(32)16-5-3-4-6-18(16)29-24(30)33-12-20(31)28-19-8-7-17(25)21(26)22(19)27/h3-11H,12H2,1-2H3,(H,28,31). The van der Waals surface area contributed by atoms with Crippen LogP contribution < -0.4 is 10.9 Å². The quantitative estimate of drug-likeness (QED) is 0.249. The van der Waals surface area contributed by atoms with Crippen molar-refractivity contribution >= 4 is 34.3 Å². The second-order valence-corrected chi connectivity index (χ2v) is 8.40. The molecule has 0 saturated heterocycles. The number of carbonyl (C=O) groups excluding carboxylic acids is 1. The third kappa shape index (κ3) is 4.63. The number of anilines is 1. The molecule has 0 aliphatic heterocycles. The molecule has 5 nitrogen and oxygen atoms in total. The third-order valence-electron chi connectivity index (χ3n) is 4.85. The molecule has 1 aromatic heterocycles. The van der Waals surface area contributed by atoms with E-state index in [2.05, 4.69) is 10.3 Å². The summed E-state index contributed by atoms with van der Waals surface area (Å²) < 4.78 is 41.9. The molecule has 4 aromatic rings.